The van der Waals surface area contributed by atoms with Crippen molar-refractivity contribution in [3.05, 3.63) is 64.1 Å². The molecular formula is C22H16ClF3N4O4S2. The molecule has 0 amide bonds. The molecule has 0 saturated carbocycles. The number of methoxy groups -OCH3 is 2. The van der Waals surface area contributed by atoms with Crippen molar-refractivity contribution in [2.45, 2.75) is 22.3 Å². The Hall–Kier alpha value is -3.29. The van der Waals surface area contributed by atoms with Gasteiger partial charge in [0.2, 0.25) is 5.69 Å². The van der Waals surface area contributed by atoms with Crippen molar-refractivity contribution in [1.29, 1.82) is 0 Å². The Kier molecular flexibility index (Phi) is 7.71. The lowest BCUT2D eigenvalue weighted by Crippen LogP contribution is -2.17. The van der Waals surface area contributed by atoms with E-state index in [1.165, 1.54) is 30.6 Å². The highest BCUT2D eigenvalue weighted by atomic mass is 35.5. The SMILES string of the molecule is COC(=O)c1nnn(Cc2ccc(OC)cc2)c1Sc1nc(-c2ccc(OC(F)(F)F)c(Cl)c2)cs1. The zero-order valence-electron chi connectivity index (χ0n) is 18.6. The molecule has 36 heavy (non-hydrogen) atoms. The van der Waals surface area contributed by atoms with Gasteiger partial charge in [-0.2, -0.15) is 0 Å². The monoisotopic (exact) mass is 556 g/mol. The van der Waals surface area contributed by atoms with E-state index >= 15 is 0 Å². The van der Waals surface area contributed by atoms with E-state index < -0.39 is 18.1 Å². The van der Waals surface area contributed by atoms with Gasteiger partial charge in [-0.25, -0.2) is 14.5 Å². The van der Waals surface area contributed by atoms with Crippen molar-refractivity contribution in [3.63, 3.8) is 0 Å². The van der Waals surface area contributed by atoms with Crippen LogP contribution in [-0.2, 0) is 11.3 Å². The maximum absolute atomic E-state index is 12.5. The van der Waals surface area contributed by atoms with Crippen LogP contribution in [0.15, 0.2) is 57.2 Å². The van der Waals surface area contributed by atoms with Crippen molar-refractivity contribution in [2.75, 3.05) is 14.2 Å². The molecule has 0 unspecified atom stereocenters. The molecule has 0 atom stereocenters. The highest BCUT2D eigenvalue weighted by Gasteiger charge is 2.32. The van der Waals surface area contributed by atoms with E-state index in [0.717, 1.165) is 23.4 Å². The van der Waals surface area contributed by atoms with Gasteiger partial charge in [-0.1, -0.05) is 28.9 Å². The van der Waals surface area contributed by atoms with Crippen LogP contribution >= 0.6 is 34.7 Å². The van der Waals surface area contributed by atoms with Crippen LogP contribution in [0.3, 0.4) is 0 Å². The first-order valence-electron chi connectivity index (χ1n) is 10.0. The van der Waals surface area contributed by atoms with Gasteiger partial charge in [-0.15, -0.1) is 29.6 Å². The summed E-state index contributed by atoms with van der Waals surface area (Å²) in [5.41, 5.74) is 1.91. The summed E-state index contributed by atoms with van der Waals surface area (Å²) in [7, 11) is 2.82. The van der Waals surface area contributed by atoms with Crippen LogP contribution in [0.25, 0.3) is 11.3 Å². The number of ether oxygens (including phenoxy) is 3. The Morgan fingerprint density at radius 1 is 1.17 bits per heavy atom. The van der Waals surface area contributed by atoms with Gasteiger partial charge in [0.15, 0.2) is 4.34 Å². The molecule has 0 bridgehead atoms. The molecule has 0 radical (unpaired) electrons. The molecule has 14 heteroatoms. The van der Waals surface area contributed by atoms with E-state index in [9.17, 15) is 18.0 Å². The minimum absolute atomic E-state index is 0.0319. The zero-order valence-corrected chi connectivity index (χ0v) is 21.0. The molecule has 4 rings (SSSR count). The fourth-order valence-corrected chi connectivity index (χ4v) is 5.11. The Morgan fingerprint density at radius 2 is 1.92 bits per heavy atom. The largest absolute Gasteiger partial charge is 0.573 e. The van der Waals surface area contributed by atoms with Gasteiger partial charge in [-0.3, -0.25) is 0 Å². The lowest BCUT2D eigenvalue weighted by molar-refractivity contribution is -0.274. The summed E-state index contributed by atoms with van der Waals surface area (Å²) in [5.74, 6) is -0.452. The van der Waals surface area contributed by atoms with Crippen LogP contribution in [-0.4, -0.2) is 46.5 Å². The number of nitrogens with zero attached hydrogens (tertiary/aromatic N) is 4. The molecule has 0 aliphatic rings. The first kappa shape index (κ1) is 25.8. The van der Waals surface area contributed by atoms with Crippen molar-refractivity contribution >= 4 is 40.7 Å². The van der Waals surface area contributed by atoms with Crippen LogP contribution in [0.4, 0.5) is 13.2 Å². The summed E-state index contributed by atoms with van der Waals surface area (Å²) in [6.07, 6.45) is -4.85. The molecule has 2 aromatic carbocycles. The standard InChI is InChI=1S/C22H16ClF3N4O4S2/c1-32-14-6-3-12(4-7-14)10-30-19(18(28-29-30)20(31)33-2)36-21-27-16(11-35-21)13-5-8-17(15(23)9-13)34-22(24,25)26/h3-9,11H,10H2,1-2H3. The van der Waals surface area contributed by atoms with Crippen molar-refractivity contribution < 1.29 is 32.2 Å². The number of carbonyl (C=O) groups excluding carboxylic acids is 1. The van der Waals surface area contributed by atoms with E-state index in [4.69, 9.17) is 21.1 Å². The average molecular weight is 557 g/mol. The normalized spacial score (nSPS) is 11.4. The zero-order chi connectivity index (χ0) is 25.9. The lowest BCUT2D eigenvalue weighted by Gasteiger charge is -2.10. The predicted octanol–water partition coefficient (Wildman–Crippen LogP) is 5.95. The first-order chi connectivity index (χ1) is 17.2. The van der Waals surface area contributed by atoms with Crippen molar-refractivity contribution in [3.8, 4) is 22.8 Å². The second-order valence-electron chi connectivity index (χ2n) is 7.03. The summed E-state index contributed by atoms with van der Waals surface area (Å²) in [4.78, 5) is 16.8. The molecule has 2 aromatic heterocycles. The number of alkyl halides is 3. The predicted molar refractivity (Wildman–Crippen MR) is 127 cm³/mol. The van der Waals surface area contributed by atoms with Gasteiger partial charge >= 0.3 is 12.3 Å². The second-order valence-corrected chi connectivity index (χ2v) is 9.54. The van der Waals surface area contributed by atoms with Gasteiger partial charge in [-0.05, 0) is 47.7 Å². The van der Waals surface area contributed by atoms with E-state index in [1.54, 1.807) is 17.2 Å². The molecule has 2 heterocycles. The van der Waals surface area contributed by atoms with Gasteiger partial charge in [0.1, 0.15) is 16.5 Å². The number of thiazole rings is 1. The number of hydrogen-bond donors (Lipinski definition) is 0. The third-order valence-corrected chi connectivity index (χ3v) is 7.01. The number of benzene rings is 2. The summed E-state index contributed by atoms with van der Waals surface area (Å²) in [5, 5.41) is 10.0. The molecule has 0 N–H and O–H groups in total. The smallest absolute Gasteiger partial charge is 0.497 e. The van der Waals surface area contributed by atoms with Crippen LogP contribution in [0, 0.1) is 0 Å². The van der Waals surface area contributed by atoms with Gasteiger partial charge in [0, 0.05) is 10.9 Å². The van der Waals surface area contributed by atoms with E-state index in [-0.39, 0.29) is 10.7 Å². The topological polar surface area (TPSA) is 88.4 Å². The third kappa shape index (κ3) is 6.09. The van der Waals surface area contributed by atoms with Crippen LogP contribution in [0.5, 0.6) is 11.5 Å². The summed E-state index contributed by atoms with van der Waals surface area (Å²) >= 11 is 8.39. The Bertz CT molecular complexity index is 1380. The average Bonchev–Trinajstić information content (AvgIpc) is 3.47. The second kappa shape index (κ2) is 10.8. The molecule has 0 saturated heterocycles. The van der Waals surface area contributed by atoms with Gasteiger partial charge < -0.3 is 14.2 Å². The Balaban J connectivity index is 1.59. The Morgan fingerprint density at radius 3 is 2.56 bits per heavy atom. The quantitative estimate of drug-likeness (QED) is 0.246. The van der Waals surface area contributed by atoms with Crippen LogP contribution in [0.1, 0.15) is 16.1 Å². The molecule has 0 fully saturated rings. The fraction of sp³-hybridized carbons (Fsp3) is 0.182. The highest BCUT2D eigenvalue weighted by Crippen LogP contribution is 2.37. The van der Waals surface area contributed by atoms with Crippen LogP contribution < -0.4 is 9.47 Å². The highest BCUT2D eigenvalue weighted by molar-refractivity contribution is 8.01. The summed E-state index contributed by atoms with van der Waals surface area (Å²) in [6.45, 7) is 0.324. The van der Waals surface area contributed by atoms with Gasteiger partial charge in [0.25, 0.3) is 0 Å². The molecule has 0 aliphatic carbocycles. The molecule has 188 valence electrons. The van der Waals surface area contributed by atoms with Crippen LogP contribution in [0.2, 0.25) is 5.02 Å². The first-order valence-corrected chi connectivity index (χ1v) is 12.1. The number of aromatic nitrogens is 4. The maximum Gasteiger partial charge on any atom is 0.573 e. The van der Waals surface area contributed by atoms with Crippen molar-refractivity contribution in [1.82, 2.24) is 20.0 Å². The van der Waals surface area contributed by atoms with Gasteiger partial charge in [0.05, 0.1) is 31.5 Å². The fourth-order valence-electron chi connectivity index (χ4n) is 3.02. The summed E-state index contributed by atoms with van der Waals surface area (Å²) in [6, 6.07) is 11.2. The number of rotatable bonds is 8. The van der Waals surface area contributed by atoms with E-state index in [0.29, 0.717) is 32.9 Å². The van der Waals surface area contributed by atoms with E-state index in [2.05, 4.69) is 20.0 Å². The Labute approximate surface area is 216 Å². The number of hydrogen-bond acceptors (Lipinski definition) is 9. The molecule has 8 nitrogen and oxygen atoms in total. The van der Waals surface area contributed by atoms with E-state index in [1.807, 2.05) is 24.3 Å². The minimum atomic E-state index is -4.85. The van der Waals surface area contributed by atoms with Crippen molar-refractivity contribution in [2.24, 2.45) is 0 Å². The molecule has 0 aliphatic heterocycles. The molecular weight excluding hydrogens is 541 g/mol. The molecule has 4 aromatic rings. The minimum Gasteiger partial charge on any atom is -0.497 e. The lowest BCUT2D eigenvalue weighted by atomic mass is 10.2. The number of esters is 1. The molecule has 0 spiro atoms. The third-order valence-electron chi connectivity index (χ3n) is 4.68. The number of carbonyl (C=O) groups is 1. The number of halogens is 4. The summed E-state index contributed by atoms with van der Waals surface area (Å²) < 4.78 is 53.5. The maximum atomic E-state index is 12.5.